The SMILES string of the molecule is O=C1C(c2ccc3nc[nH]c3c2)CCN1c1ncccn1. The number of amides is 1. The Balaban J connectivity index is 1.66. The van der Waals surface area contributed by atoms with Gasteiger partial charge >= 0.3 is 0 Å². The first-order valence-corrected chi connectivity index (χ1v) is 6.84. The summed E-state index contributed by atoms with van der Waals surface area (Å²) in [4.78, 5) is 29.9. The summed E-state index contributed by atoms with van der Waals surface area (Å²) in [7, 11) is 0. The standard InChI is InChI=1S/C15H13N5O/c21-14-11(4-7-20(14)15-16-5-1-6-17-15)10-2-3-12-13(8-10)19-9-18-12/h1-3,5-6,8-9,11H,4,7H2,(H,18,19). The van der Waals surface area contributed by atoms with E-state index in [4.69, 9.17) is 0 Å². The van der Waals surface area contributed by atoms with Crippen LogP contribution in [0.25, 0.3) is 11.0 Å². The topological polar surface area (TPSA) is 74.8 Å². The first kappa shape index (κ1) is 12.0. The molecular weight excluding hydrogens is 266 g/mol. The van der Waals surface area contributed by atoms with E-state index in [0.29, 0.717) is 12.5 Å². The minimum atomic E-state index is -0.137. The highest BCUT2D eigenvalue weighted by Crippen LogP contribution is 2.31. The van der Waals surface area contributed by atoms with Crippen LogP contribution in [-0.2, 0) is 4.79 Å². The van der Waals surface area contributed by atoms with Crippen LogP contribution in [0.5, 0.6) is 0 Å². The van der Waals surface area contributed by atoms with Gasteiger partial charge in [-0.3, -0.25) is 9.69 Å². The predicted molar refractivity (Wildman–Crippen MR) is 77.8 cm³/mol. The second kappa shape index (κ2) is 4.66. The zero-order chi connectivity index (χ0) is 14.2. The number of aromatic nitrogens is 4. The summed E-state index contributed by atoms with van der Waals surface area (Å²) in [5, 5.41) is 0. The summed E-state index contributed by atoms with van der Waals surface area (Å²) in [6.07, 6.45) is 5.74. The molecule has 1 fully saturated rings. The first-order chi connectivity index (χ1) is 10.3. The molecule has 1 aliphatic heterocycles. The maximum atomic E-state index is 12.6. The Morgan fingerprint density at radius 2 is 2.05 bits per heavy atom. The lowest BCUT2D eigenvalue weighted by Gasteiger charge is -2.14. The first-order valence-electron chi connectivity index (χ1n) is 6.84. The number of nitrogens with one attached hydrogen (secondary N) is 1. The third-order valence-corrected chi connectivity index (χ3v) is 3.85. The van der Waals surface area contributed by atoms with Gasteiger partial charge in [-0.2, -0.15) is 0 Å². The van der Waals surface area contributed by atoms with Gasteiger partial charge < -0.3 is 4.98 Å². The van der Waals surface area contributed by atoms with Crippen molar-refractivity contribution in [3.05, 3.63) is 48.5 Å². The fourth-order valence-electron chi connectivity index (χ4n) is 2.79. The molecule has 0 spiro atoms. The maximum absolute atomic E-state index is 12.6. The van der Waals surface area contributed by atoms with Gasteiger partial charge in [0.15, 0.2) is 0 Å². The zero-order valence-corrected chi connectivity index (χ0v) is 11.2. The van der Waals surface area contributed by atoms with Gasteiger partial charge in [0.1, 0.15) is 0 Å². The van der Waals surface area contributed by atoms with E-state index >= 15 is 0 Å². The van der Waals surface area contributed by atoms with Crippen molar-refractivity contribution in [2.75, 3.05) is 11.4 Å². The Morgan fingerprint density at radius 3 is 2.90 bits per heavy atom. The van der Waals surface area contributed by atoms with Crippen LogP contribution in [0, 0.1) is 0 Å². The summed E-state index contributed by atoms with van der Waals surface area (Å²) in [5.74, 6) is 0.397. The molecule has 0 radical (unpaired) electrons. The number of anilines is 1. The zero-order valence-electron chi connectivity index (χ0n) is 11.2. The molecule has 104 valence electrons. The summed E-state index contributed by atoms with van der Waals surface area (Å²) < 4.78 is 0. The molecule has 6 heteroatoms. The minimum Gasteiger partial charge on any atom is -0.345 e. The van der Waals surface area contributed by atoms with E-state index < -0.39 is 0 Å². The molecular formula is C15H13N5O. The molecule has 1 N–H and O–H groups in total. The van der Waals surface area contributed by atoms with Crippen LogP contribution in [0.2, 0.25) is 0 Å². The van der Waals surface area contributed by atoms with Crippen LogP contribution in [0.1, 0.15) is 17.9 Å². The largest absolute Gasteiger partial charge is 0.345 e. The second-order valence-electron chi connectivity index (χ2n) is 5.06. The Morgan fingerprint density at radius 1 is 1.19 bits per heavy atom. The number of carbonyl (C=O) groups is 1. The van der Waals surface area contributed by atoms with Crippen LogP contribution < -0.4 is 4.90 Å². The fraction of sp³-hybridized carbons (Fsp3) is 0.200. The van der Waals surface area contributed by atoms with Crippen molar-refractivity contribution in [1.82, 2.24) is 19.9 Å². The lowest BCUT2D eigenvalue weighted by Crippen LogP contribution is -2.28. The number of hydrogen-bond donors (Lipinski definition) is 1. The number of rotatable bonds is 2. The van der Waals surface area contributed by atoms with Crippen LogP contribution in [0.4, 0.5) is 5.95 Å². The monoisotopic (exact) mass is 279 g/mol. The fourth-order valence-corrected chi connectivity index (χ4v) is 2.79. The Hall–Kier alpha value is -2.76. The molecule has 1 aliphatic rings. The molecule has 1 saturated heterocycles. The van der Waals surface area contributed by atoms with Gasteiger partial charge in [-0.25, -0.2) is 15.0 Å². The smallest absolute Gasteiger partial charge is 0.236 e. The van der Waals surface area contributed by atoms with Gasteiger partial charge in [0, 0.05) is 18.9 Å². The maximum Gasteiger partial charge on any atom is 0.236 e. The van der Waals surface area contributed by atoms with E-state index in [2.05, 4.69) is 19.9 Å². The highest BCUT2D eigenvalue weighted by molar-refractivity contribution is 5.99. The van der Waals surface area contributed by atoms with Gasteiger partial charge in [-0.15, -0.1) is 0 Å². The molecule has 3 heterocycles. The second-order valence-corrected chi connectivity index (χ2v) is 5.06. The highest BCUT2D eigenvalue weighted by atomic mass is 16.2. The summed E-state index contributed by atoms with van der Waals surface area (Å²) in [6, 6.07) is 7.66. The van der Waals surface area contributed by atoms with Crippen molar-refractivity contribution in [3.8, 4) is 0 Å². The molecule has 1 atom stereocenters. The predicted octanol–water partition coefficient (Wildman–Crippen LogP) is 1.87. The van der Waals surface area contributed by atoms with Crippen molar-refractivity contribution in [1.29, 1.82) is 0 Å². The van der Waals surface area contributed by atoms with Crippen molar-refractivity contribution >= 4 is 22.9 Å². The molecule has 21 heavy (non-hydrogen) atoms. The number of carbonyl (C=O) groups excluding carboxylic acids is 1. The average Bonchev–Trinajstić information content (AvgIpc) is 3.13. The summed E-state index contributed by atoms with van der Waals surface area (Å²) in [5.41, 5.74) is 2.87. The molecule has 0 saturated carbocycles. The average molecular weight is 279 g/mol. The van der Waals surface area contributed by atoms with Gasteiger partial charge in [0.05, 0.1) is 23.3 Å². The van der Waals surface area contributed by atoms with Crippen LogP contribution >= 0.6 is 0 Å². The van der Waals surface area contributed by atoms with Crippen LogP contribution in [0.15, 0.2) is 43.0 Å². The summed E-state index contributed by atoms with van der Waals surface area (Å²) >= 11 is 0. The van der Waals surface area contributed by atoms with Crippen molar-refractivity contribution < 1.29 is 4.79 Å². The van der Waals surface area contributed by atoms with E-state index in [1.165, 1.54) is 0 Å². The minimum absolute atomic E-state index is 0.0556. The molecule has 4 rings (SSSR count). The van der Waals surface area contributed by atoms with E-state index in [0.717, 1.165) is 23.0 Å². The van der Waals surface area contributed by atoms with Gasteiger partial charge in [-0.1, -0.05) is 6.07 Å². The third-order valence-electron chi connectivity index (χ3n) is 3.85. The molecule has 6 nitrogen and oxygen atoms in total. The number of imidazole rings is 1. The molecule has 1 aromatic carbocycles. The van der Waals surface area contributed by atoms with E-state index in [9.17, 15) is 4.79 Å². The lowest BCUT2D eigenvalue weighted by molar-refractivity contribution is -0.118. The number of benzene rings is 1. The quantitative estimate of drug-likeness (QED) is 0.777. The Bertz CT molecular complexity index is 798. The molecule has 0 aliphatic carbocycles. The van der Waals surface area contributed by atoms with E-state index in [1.54, 1.807) is 29.7 Å². The number of nitrogens with zero attached hydrogens (tertiary/aromatic N) is 4. The van der Waals surface area contributed by atoms with Crippen molar-refractivity contribution in [2.45, 2.75) is 12.3 Å². The Kier molecular flexibility index (Phi) is 2.67. The molecule has 1 amide bonds. The van der Waals surface area contributed by atoms with E-state index in [1.807, 2.05) is 18.2 Å². The van der Waals surface area contributed by atoms with Gasteiger partial charge in [0.2, 0.25) is 11.9 Å². The lowest BCUT2D eigenvalue weighted by atomic mass is 9.97. The van der Waals surface area contributed by atoms with E-state index in [-0.39, 0.29) is 11.8 Å². The van der Waals surface area contributed by atoms with Crippen LogP contribution in [0.3, 0.4) is 0 Å². The summed E-state index contributed by atoms with van der Waals surface area (Å²) in [6.45, 7) is 0.647. The third kappa shape index (κ3) is 1.96. The molecule has 2 aromatic heterocycles. The molecule has 1 unspecified atom stereocenters. The molecule has 3 aromatic rings. The number of hydrogen-bond acceptors (Lipinski definition) is 4. The normalized spacial score (nSPS) is 18.6. The number of aromatic amines is 1. The Labute approximate surface area is 120 Å². The van der Waals surface area contributed by atoms with Gasteiger partial charge in [-0.05, 0) is 30.2 Å². The number of fused-ring (bicyclic) bond motifs is 1. The van der Waals surface area contributed by atoms with Gasteiger partial charge in [0.25, 0.3) is 0 Å². The molecule has 0 bridgehead atoms. The van der Waals surface area contributed by atoms with Crippen molar-refractivity contribution in [2.24, 2.45) is 0 Å². The van der Waals surface area contributed by atoms with Crippen LogP contribution in [-0.4, -0.2) is 32.4 Å². The van der Waals surface area contributed by atoms with Crippen molar-refractivity contribution in [3.63, 3.8) is 0 Å². The number of H-pyrrole nitrogens is 1. The highest BCUT2D eigenvalue weighted by Gasteiger charge is 2.35.